The van der Waals surface area contributed by atoms with Gasteiger partial charge in [0.25, 0.3) is 10.1 Å². The Kier molecular flexibility index (Phi) is 9.29. The van der Waals surface area contributed by atoms with Gasteiger partial charge in [0.2, 0.25) is 0 Å². The Morgan fingerprint density at radius 1 is 1.19 bits per heavy atom. The van der Waals surface area contributed by atoms with E-state index < -0.39 is 21.8 Å². The van der Waals surface area contributed by atoms with Crippen molar-refractivity contribution in [1.29, 1.82) is 0 Å². The summed E-state index contributed by atoms with van der Waals surface area (Å²) in [7, 11) is -2.27. The fourth-order valence-electron chi connectivity index (χ4n) is 3.49. The lowest BCUT2D eigenvalue weighted by Gasteiger charge is -2.41. The fourth-order valence-corrected chi connectivity index (χ4v) is 4.44. The minimum Gasteiger partial charge on any atom is -0.444 e. The van der Waals surface area contributed by atoms with Crippen LogP contribution in [0.15, 0.2) is 29.2 Å². The molecule has 2 rings (SSSR count). The first-order chi connectivity index (χ1) is 14.5. The van der Waals surface area contributed by atoms with Crippen LogP contribution in [0.2, 0.25) is 0 Å². The number of ether oxygens (including phenoxy) is 3. The van der Waals surface area contributed by atoms with Gasteiger partial charge in [0.1, 0.15) is 12.4 Å². The number of carbonyl (C=O) groups is 1. The third kappa shape index (κ3) is 8.07. The highest BCUT2D eigenvalue weighted by atomic mass is 32.2. The average molecular weight is 458 g/mol. The summed E-state index contributed by atoms with van der Waals surface area (Å²) in [6.45, 7) is 8.08. The van der Waals surface area contributed by atoms with Gasteiger partial charge in [-0.25, -0.2) is 4.79 Å². The van der Waals surface area contributed by atoms with Crippen LogP contribution >= 0.6 is 0 Å². The van der Waals surface area contributed by atoms with Crippen molar-refractivity contribution in [2.75, 3.05) is 27.1 Å². The van der Waals surface area contributed by atoms with Crippen LogP contribution in [0.3, 0.4) is 0 Å². The van der Waals surface area contributed by atoms with Crippen molar-refractivity contribution >= 4 is 16.2 Å². The first kappa shape index (κ1) is 25.6. The van der Waals surface area contributed by atoms with Crippen LogP contribution in [0.5, 0.6) is 0 Å². The quantitative estimate of drug-likeness (QED) is 0.316. The van der Waals surface area contributed by atoms with Crippen molar-refractivity contribution in [3.05, 3.63) is 29.8 Å². The van der Waals surface area contributed by atoms with E-state index in [1.807, 2.05) is 27.7 Å². The molecule has 0 bridgehead atoms. The maximum absolute atomic E-state index is 12.7. The van der Waals surface area contributed by atoms with Gasteiger partial charge < -0.3 is 19.1 Å². The lowest BCUT2D eigenvalue weighted by molar-refractivity contribution is -0.115. The average Bonchev–Trinajstić information content (AvgIpc) is 2.69. The normalized spacial score (nSPS) is 20.0. The second-order valence-electron chi connectivity index (χ2n) is 8.73. The molecule has 1 fully saturated rings. The Balaban J connectivity index is 2.00. The van der Waals surface area contributed by atoms with Gasteiger partial charge in [-0.15, -0.1) is 0 Å². The van der Waals surface area contributed by atoms with Crippen molar-refractivity contribution in [2.24, 2.45) is 0 Å². The number of carbonyl (C=O) groups excluding carboxylic acids is 1. The molecule has 9 heteroatoms. The molecule has 0 radical (unpaired) electrons. The maximum atomic E-state index is 12.7. The SMILES string of the molecule is COCO[C@H]1CCCN(C(=O)OC(C)(C)C)[C@@H]1CCCOS(=O)(=O)c1ccc(C)cc1. The summed E-state index contributed by atoms with van der Waals surface area (Å²) in [4.78, 5) is 14.6. The number of hydrogen-bond acceptors (Lipinski definition) is 7. The van der Waals surface area contributed by atoms with Crippen molar-refractivity contribution in [3.63, 3.8) is 0 Å². The Labute approximate surface area is 185 Å². The smallest absolute Gasteiger partial charge is 0.410 e. The van der Waals surface area contributed by atoms with E-state index in [0.717, 1.165) is 18.4 Å². The van der Waals surface area contributed by atoms with E-state index in [9.17, 15) is 13.2 Å². The van der Waals surface area contributed by atoms with Crippen LogP contribution in [-0.4, -0.2) is 64.2 Å². The molecular weight excluding hydrogens is 422 g/mol. The Morgan fingerprint density at radius 3 is 2.48 bits per heavy atom. The summed E-state index contributed by atoms with van der Waals surface area (Å²) in [5.74, 6) is 0. The number of benzene rings is 1. The first-order valence-corrected chi connectivity index (χ1v) is 12.0. The van der Waals surface area contributed by atoms with E-state index in [-0.39, 0.29) is 30.4 Å². The molecule has 1 amide bonds. The third-order valence-corrected chi connectivity index (χ3v) is 6.26. The Hall–Kier alpha value is -1.68. The molecule has 1 saturated heterocycles. The zero-order chi connectivity index (χ0) is 23.1. The number of hydrogen-bond donors (Lipinski definition) is 0. The minimum atomic E-state index is -3.82. The molecule has 0 saturated carbocycles. The topological polar surface area (TPSA) is 91.4 Å². The molecule has 176 valence electrons. The molecule has 0 unspecified atom stereocenters. The van der Waals surface area contributed by atoms with E-state index in [1.165, 1.54) is 12.1 Å². The third-order valence-electron chi connectivity index (χ3n) is 4.94. The van der Waals surface area contributed by atoms with Crippen LogP contribution in [-0.2, 0) is 28.5 Å². The summed E-state index contributed by atoms with van der Waals surface area (Å²) < 4.78 is 46.4. The molecule has 8 nitrogen and oxygen atoms in total. The van der Waals surface area contributed by atoms with Crippen LogP contribution < -0.4 is 0 Å². The van der Waals surface area contributed by atoms with E-state index in [4.69, 9.17) is 18.4 Å². The first-order valence-electron chi connectivity index (χ1n) is 10.6. The van der Waals surface area contributed by atoms with Gasteiger partial charge in [-0.05, 0) is 65.5 Å². The second-order valence-corrected chi connectivity index (χ2v) is 10.3. The number of piperidine rings is 1. The van der Waals surface area contributed by atoms with Gasteiger partial charge in [-0.3, -0.25) is 4.18 Å². The van der Waals surface area contributed by atoms with Crippen molar-refractivity contribution in [1.82, 2.24) is 4.90 Å². The molecule has 0 N–H and O–H groups in total. The summed E-state index contributed by atoms with van der Waals surface area (Å²) in [6.07, 6.45) is 1.95. The van der Waals surface area contributed by atoms with Gasteiger partial charge in [-0.1, -0.05) is 17.7 Å². The molecule has 2 atom stereocenters. The molecule has 31 heavy (non-hydrogen) atoms. The highest BCUT2D eigenvalue weighted by molar-refractivity contribution is 7.86. The molecule has 0 aliphatic carbocycles. The van der Waals surface area contributed by atoms with Gasteiger partial charge >= 0.3 is 6.09 Å². The number of nitrogens with zero attached hydrogens (tertiary/aromatic N) is 1. The molecular formula is C22H35NO7S. The Morgan fingerprint density at radius 2 is 1.87 bits per heavy atom. The lowest BCUT2D eigenvalue weighted by Crippen LogP contribution is -2.53. The molecule has 0 aromatic heterocycles. The van der Waals surface area contributed by atoms with Gasteiger partial charge in [0.15, 0.2) is 0 Å². The Bertz CT molecular complexity index is 802. The predicted molar refractivity (Wildman–Crippen MR) is 116 cm³/mol. The number of amides is 1. The van der Waals surface area contributed by atoms with Crippen molar-refractivity contribution in [3.8, 4) is 0 Å². The van der Waals surface area contributed by atoms with Crippen LogP contribution in [0.1, 0.15) is 52.0 Å². The number of methoxy groups -OCH3 is 1. The molecule has 1 aliphatic rings. The van der Waals surface area contributed by atoms with Crippen LogP contribution in [0, 0.1) is 6.92 Å². The second kappa shape index (κ2) is 11.3. The number of aryl methyl sites for hydroxylation is 1. The summed E-state index contributed by atoms with van der Waals surface area (Å²) in [6, 6.07) is 6.28. The van der Waals surface area contributed by atoms with E-state index in [1.54, 1.807) is 24.1 Å². The van der Waals surface area contributed by atoms with Crippen LogP contribution in [0.4, 0.5) is 4.79 Å². The van der Waals surface area contributed by atoms with E-state index in [0.29, 0.717) is 19.4 Å². The van der Waals surface area contributed by atoms with Crippen molar-refractivity contribution < 1.29 is 31.6 Å². The highest BCUT2D eigenvalue weighted by Crippen LogP contribution is 2.26. The largest absolute Gasteiger partial charge is 0.444 e. The van der Waals surface area contributed by atoms with Gasteiger partial charge in [-0.2, -0.15) is 8.42 Å². The van der Waals surface area contributed by atoms with Crippen LogP contribution in [0.25, 0.3) is 0 Å². The standard InChI is InChI=1S/C22H35NO7S/c1-17-10-12-18(13-11-17)31(25,26)29-15-7-8-19-20(28-16-27-5)9-6-14-23(19)21(24)30-22(2,3)4/h10-13,19-20H,6-9,14-16H2,1-5H3/t19-,20+/m1/s1. The zero-order valence-corrected chi connectivity index (χ0v) is 19.9. The molecule has 0 spiro atoms. The zero-order valence-electron chi connectivity index (χ0n) is 19.1. The molecule has 1 aromatic rings. The summed E-state index contributed by atoms with van der Waals surface area (Å²) in [5.41, 5.74) is 0.369. The number of rotatable bonds is 9. The van der Waals surface area contributed by atoms with Crippen molar-refractivity contribution in [2.45, 2.75) is 76.0 Å². The van der Waals surface area contributed by atoms with E-state index >= 15 is 0 Å². The monoisotopic (exact) mass is 457 g/mol. The van der Waals surface area contributed by atoms with E-state index in [2.05, 4.69) is 0 Å². The lowest BCUT2D eigenvalue weighted by atomic mass is 9.95. The molecule has 1 heterocycles. The fraction of sp³-hybridized carbons (Fsp3) is 0.682. The molecule has 1 aliphatic heterocycles. The maximum Gasteiger partial charge on any atom is 0.410 e. The molecule has 1 aromatic carbocycles. The van der Waals surface area contributed by atoms with Gasteiger partial charge in [0, 0.05) is 13.7 Å². The number of likely N-dealkylation sites (tertiary alicyclic amines) is 1. The summed E-state index contributed by atoms with van der Waals surface area (Å²) >= 11 is 0. The highest BCUT2D eigenvalue weighted by Gasteiger charge is 2.37. The summed E-state index contributed by atoms with van der Waals surface area (Å²) in [5, 5.41) is 0. The predicted octanol–water partition coefficient (Wildman–Crippen LogP) is 3.87. The minimum absolute atomic E-state index is 0.0197. The van der Waals surface area contributed by atoms with Gasteiger partial charge in [0.05, 0.1) is 23.6 Å².